The van der Waals surface area contributed by atoms with Gasteiger partial charge in [-0.2, -0.15) is 0 Å². The van der Waals surface area contributed by atoms with Crippen molar-refractivity contribution in [1.29, 1.82) is 0 Å². The predicted molar refractivity (Wildman–Crippen MR) is 165 cm³/mol. The van der Waals surface area contributed by atoms with Gasteiger partial charge >= 0.3 is 11.9 Å². The summed E-state index contributed by atoms with van der Waals surface area (Å²) in [5.74, 6) is -1.24. The van der Waals surface area contributed by atoms with Crippen molar-refractivity contribution in [1.82, 2.24) is 20.3 Å². The van der Waals surface area contributed by atoms with Crippen LogP contribution < -0.4 is 16.0 Å². The minimum absolute atomic E-state index is 0.0283. The van der Waals surface area contributed by atoms with Gasteiger partial charge in [0, 0.05) is 52.7 Å². The number of carbonyl (C=O) groups is 2. The largest absolute Gasteiger partial charge is 0.481 e. The maximum Gasteiger partial charge on any atom is 0.307 e. The van der Waals surface area contributed by atoms with Gasteiger partial charge in [-0.15, -0.1) is 0 Å². The first-order valence-electron chi connectivity index (χ1n) is 15.1. The van der Waals surface area contributed by atoms with E-state index in [-0.39, 0.29) is 18.8 Å². The summed E-state index contributed by atoms with van der Waals surface area (Å²) in [7, 11) is 0. The average Bonchev–Trinajstić information content (AvgIpc) is 3.69. The van der Waals surface area contributed by atoms with Crippen LogP contribution in [0.15, 0.2) is 11.4 Å². The normalized spacial score (nSPS) is 26.5. The quantitative estimate of drug-likeness (QED) is 0.253. The number of fused-ring (bicyclic) bond motifs is 9. The standard InChI is InChI=1S/C34H40N4O5/c1-7-20-17(3)23-13-24-19(5)22(9-10-31(39)40)28(37-24)16-30-34(12-11-32(41)43-34)33(6,42)29(38-30)15-27-21(8-2)18(4)25(36-27)14-26(20)35-23/h13-16,35-38,42H,7-12H2,1-6H3,(H,39,40)/b23-13-,26-14-,29-15-,30-16-/t33-,34+/m0/s1. The van der Waals surface area contributed by atoms with Crippen LogP contribution in [0.1, 0.15) is 96.2 Å². The first-order valence-corrected chi connectivity index (χ1v) is 15.1. The van der Waals surface area contributed by atoms with Crippen LogP contribution in [0.5, 0.6) is 0 Å². The second kappa shape index (κ2) is 10.2. The summed E-state index contributed by atoms with van der Waals surface area (Å²) in [6, 6.07) is 0. The molecule has 0 amide bonds. The first-order chi connectivity index (χ1) is 20.4. The lowest BCUT2D eigenvalue weighted by atomic mass is 9.80. The fourth-order valence-corrected chi connectivity index (χ4v) is 7.17. The van der Waals surface area contributed by atoms with Crippen molar-refractivity contribution in [3.8, 4) is 0 Å². The lowest BCUT2D eigenvalue weighted by Gasteiger charge is -2.34. The van der Waals surface area contributed by atoms with E-state index in [1.807, 2.05) is 19.1 Å². The summed E-state index contributed by atoms with van der Waals surface area (Å²) in [5.41, 5.74) is 8.19. The number of carboxylic acids is 1. The van der Waals surface area contributed by atoms with Gasteiger partial charge in [-0.1, -0.05) is 13.8 Å². The van der Waals surface area contributed by atoms with Crippen molar-refractivity contribution >= 4 is 36.2 Å². The van der Waals surface area contributed by atoms with E-state index in [1.54, 1.807) is 6.92 Å². The number of aliphatic hydroxyl groups is 1. The van der Waals surface area contributed by atoms with Gasteiger partial charge in [0.1, 0.15) is 5.60 Å². The highest BCUT2D eigenvalue weighted by molar-refractivity contribution is 5.78. The Morgan fingerprint density at radius 1 is 0.837 bits per heavy atom. The molecule has 2 fully saturated rings. The molecule has 43 heavy (non-hydrogen) atoms. The predicted octanol–water partition coefficient (Wildman–Crippen LogP) is 3.52. The van der Waals surface area contributed by atoms with Gasteiger partial charge in [0.05, 0.1) is 11.4 Å². The molecule has 3 aromatic heterocycles. The number of H-pyrrole nitrogens is 3. The summed E-state index contributed by atoms with van der Waals surface area (Å²) < 4.78 is 5.98. The number of hydrogen-bond donors (Lipinski definition) is 6. The Hall–Kier alpha value is -4.24. The van der Waals surface area contributed by atoms with E-state index in [0.717, 1.165) is 74.1 Å². The SMILES string of the molecule is CCc1c2[nH]c(c1C)/C=c1\[nH]/c(c(C)c1CC)=C\c1[nH]c(c(CCC(=O)O)c1C)/C=C1\N/C(=C\2)[C@](C)(O)[C@@]12CCC(=O)O2. The molecule has 2 atom stereocenters. The third-order valence-electron chi connectivity index (χ3n) is 9.79. The number of aliphatic carboxylic acids is 1. The van der Waals surface area contributed by atoms with Gasteiger partial charge in [-0.25, -0.2) is 0 Å². The van der Waals surface area contributed by atoms with Gasteiger partial charge in [0.25, 0.3) is 0 Å². The van der Waals surface area contributed by atoms with E-state index in [9.17, 15) is 19.8 Å². The molecule has 6 rings (SSSR count). The number of carboxylic acid groups (broad SMARTS) is 1. The number of esters is 1. The molecule has 0 aliphatic carbocycles. The zero-order valence-corrected chi connectivity index (χ0v) is 25.7. The van der Waals surface area contributed by atoms with Crippen LogP contribution in [0.3, 0.4) is 0 Å². The molecule has 226 valence electrons. The Balaban J connectivity index is 1.70. The van der Waals surface area contributed by atoms with Crippen molar-refractivity contribution in [2.24, 2.45) is 0 Å². The molecule has 0 aromatic carbocycles. The van der Waals surface area contributed by atoms with Crippen molar-refractivity contribution in [2.45, 2.75) is 91.3 Å². The number of nitrogens with one attached hydrogen (secondary N) is 4. The monoisotopic (exact) mass is 584 g/mol. The fourth-order valence-electron chi connectivity index (χ4n) is 7.17. The highest BCUT2D eigenvalue weighted by Gasteiger charge is 2.63. The molecule has 3 aromatic rings. The van der Waals surface area contributed by atoms with E-state index < -0.39 is 17.2 Å². The Morgan fingerprint density at radius 2 is 1.44 bits per heavy atom. The van der Waals surface area contributed by atoms with Gasteiger partial charge < -0.3 is 35.2 Å². The molecule has 0 saturated carbocycles. The average molecular weight is 585 g/mol. The lowest BCUT2D eigenvalue weighted by Crippen LogP contribution is -2.49. The van der Waals surface area contributed by atoms with Gasteiger partial charge in [-0.05, 0) is 105 Å². The molecule has 9 nitrogen and oxygen atoms in total. The Bertz CT molecular complexity index is 1860. The Labute approximate surface area is 250 Å². The topological polar surface area (TPSA) is 143 Å². The van der Waals surface area contributed by atoms with Crippen LogP contribution in [0.25, 0.3) is 24.3 Å². The molecule has 3 aliphatic rings. The van der Waals surface area contributed by atoms with E-state index >= 15 is 0 Å². The molecule has 0 radical (unpaired) electrons. The van der Waals surface area contributed by atoms with Crippen LogP contribution in [0.2, 0.25) is 0 Å². The Kier molecular flexibility index (Phi) is 6.84. The number of rotatable bonds is 5. The third-order valence-corrected chi connectivity index (χ3v) is 9.79. The smallest absolute Gasteiger partial charge is 0.307 e. The number of aromatic nitrogens is 3. The number of hydrogen-bond acceptors (Lipinski definition) is 5. The zero-order chi connectivity index (χ0) is 30.8. The summed E-state index contributed by atoms with van der Waals surface area (Å²) in [5, 5.41) is 27.1. The van der Waals surface area contributed by atoms with E-state index in [2.05, 4.69) is 60.1 Å². The van der Waals surface area contributed by atoms with Crippen LogP contribution in [0, 0.1) is 20.8 Å². The second-order valence-electron chi connectivity index (χ2n) is 12.2. The van der Waals surface area contributed by atoms with Gasteiger partial charge in [-0.3, -0.25) is 9.59 Å². The fraction of sp³-hybridized carbons (Fsp3) is 0.412. The molecule has 8 bridgehead atoms. The molecular weight excluding hydrogens is 544 g/mol. The molecule has 3 aliphatic heterocycles. The molecule has 2 saturated heterocycles. The van der Waals surface area contributed by atoms with Crippen LogP contribution in [0.4, 0.5) is 0 Å². The molecule has 6 N–H and O–H groups in total. The van der Waals surface area contributed by atoms with Crippen molar-refractivity contribution in [3.05, 3.63) is 78.2 Å². The maximum absolute atomic E-state index is 12.6. The lowest BCUT2D eigenvalue weighted by molar-refractivity contribution is -0.158. The molecule has 9 heteroatoms. The van der Waals surface area contributed by atoms with Crippen molar-refractivity contribution in [2.75, 3.05) is 0 Å². The highest BCUT2D eigenvalue weighted by atomic mass is 16.6. The Morgan fingerprint density at radius 3 is 2.05 bits per heavy atom. The molecule has 6 heterocycles. The third kappa shape index (κ3) is 4.40. The first kappa shape index (κ1) is 28.9. The minimum atomic E-state index is -1.54. The minimum Gasteiger partial charge on any atom is -0.481 e. The van der Waals surface area contributed by atoms with Crippen molar-refractivity contribution in [3.63, 3.8) is 0 Å². The van der Waals surface area contributed by atoms with Gasteiger partial charge in [0.15, 0.2) is 5.60 Å². The van der Waals surface area contributed by atoms with Crippen LogP contribution >= 0.6 is 0 Å². The number of carbonyl (C=O) groups excluding carboxylic acids is 1. The van der Waals surface area contributed by atoms with Crippen LogP contribution in [-0.4, -0.2) is 48.3 Å². The van der Waals surface area contributed by atoms with Crippen LogP contribution in [-0.2, 0) is 33.6 Å². The summed E-state index contributed by atoms with van der Waals surface area (Å²) in [6.45, 7) is 12.2. The maximum atomic E-state index is 12.6. The van der Waals surface area contributed by atoms with E-state index in [4.69, 9.17) is 4.74 Å². The second-order valence-corrected chi connectivity index (χ2v) is 12.2. The molecular formula is C34H40N4O5. The summed E-state index contributed by atoms with van der Waals surface area (Å²) in [6.07, 6.45) is 10.5. The molecule has 0 unspecified atom stereocenters. The summed E-state index contributed by atoms with van der Waals surface area (Å²) >= 11 is 0. The number of aromatic amines is 3. The van der Waals surface area contributed by atoms with Gasteiger partial charge in [0.2, 0.25) is 0 Å². The highest BCUT2D eigenvalue weighted by Crippen LogP contribution is 2.50. The molecule has 1 spiro atoms. The van der Waals surface area contributed by atoms with E-state index in [0.29, 0.717) is 24.2 Å². The number of ether oxygens (including phenoxy) is 1. The van der Waals surface area contributed by atoms with E-state index in [1.165, 1.54) is 5.56 Å². The summed E-state index contributed by atoms with van der Waals surface area (Å²) in [4.78, 5) is 35.0. The zero-order valence-electron chi connectivity index (χ0n) is 25.7. The van der Waals surface area contributed by atoms with Crippen molar-refractivity contribution < 1.29 is 24.5 Å².